The Kier molecular flexibility index (Phi) is 8.52. The number of H-pyrrole nitrogens is 1. The van der Waals surface area contributed by atoms with Crippen molar-refractivity contribution in [1.82, 2.24) is 30.0 Å². The molecule has 14 heteroatoms. The van der Waals surface area contributed by atoms with E-state index in [4.69, 9.17) is 40.8 Å². The van der Waals surface area contributed by atoms with E-state index in [1.54, 1.807) is 19.2 Å². The Morgan fingerprint density at radius 2 is 2.00 bits per heavy atom. The summed E-state index contributed by atoms with van der Waals surface area (Å²) in [5, 5.41) is 29.3. The van der Waals surface area contributed by atoms with Gasteiger partial charge in [-0.1, -0.05) is 18.0 Å². The number of piperidine rings is 1. The number of nitrogens with zero attached hydrogens (tertiary/aromatic N) is 7. The second-order valence-corrected chi connectivity index (χ2v) is 16.0. The standard InChI is InChI=1S/C37H44ClFN8O4/c1-21-24(38)13-25-23(16-41-45-25)27(21)30-29(39)31-28(33(42-30)49-4)32(46-11-12-50-19-36(3,48)18-46)44-34(43-31)51-20-37-8-5-7-26(37)47(10-6-9-37)22-14-35(2,15-22)17-40/h13,16,22,26,48H,5-12,14-15,18-20H2,1-4H3,(H,41,45)/t22?,26-,35?,36+,37-/m1/s1. The van der Waals surface area contributed by atoms with E-state index in [0.29, 0.717) is 64.7 Å². The summed E-state index contributed by atoms with van der Waals surface area (Å²) in [4.78, 5) is 18.9. The number of halogens is 2. The minimum absolute atomic E-state index is 0.00585. The van der Waals surface area contributed by atoms with Crippen molar-refractivity contribution in [2.75, 3.05) is 51.5 Å². The summed E-state index contributed by atoms with van der Waals surface area (Å²) < 4.78 is 35.4. The number of hydrogen-bond acceptors (Lipinski definition) is 11. The third-order valence-electron chi connectivity index (χ3n) is 11.8. The second kappa shape index (κ2) is 12.7. The number of nitrogens with one attached hydrogen (secondary N) is 1. The third kappa shape index (κ3) is 5.84. The lowest BCUT2D eigenvalue weighted by atomic mass is 9.65. The molecule has 8 rings (SSSR count). The van der Waals surface area contributed by atoms with Gasteiger partial charge in [0.1, 0.15) is 28.0 Å². The van der Waals surface area contributed by atoms with Gasteiger partial charge in [-0.15, -0.1) is 0 Å². The van der Waals surface area contributed by atoms with Crippen molar-refractivity contribution in [3.63, 3.8) is 0 Å². The molecule has 4 aromatic rings. The predicted molar refractivity (Wildman–Crippen MR) is 191 cm³/mol. The maximum Gasteiger partial charge on any atom is 0.319 e. The van der Waals surface area contributed by atoms with Crippen molar-refractivity contribution in [2.45, 2.75) is 83.4 Å². The summed E-state index contributed by atoms with van der Waals surface area (Å²) in [5.74, 6) is -0.190. The normalized spacial score (nSPS) is 29.8. The number of hydrogen-bond donors (Lipinski definition) is 2. The Morgan fingerprint density at radius 3 is 2.78 bits per heavy atom. The lowest BCUT2D eigenvalue weighted by Crippen LogP contribution is -2.60. The van der Waals surface area contributed by atoms with E-state index in [1.807, 2.05) is 11.8 Å². The molecular formula is C37H44ClFN8O4. The summed E-state index contributed by atoms with van der Waals surface area (Å²) in [6.45, 7) is 8.04. The molecule has 51 heavy (non-hydrogen) atoms. The number of aromatic nitrogens is 5. The van der Waals surface area contributed by atoms with Gasteiger partial charge in [-0.2, -0.15) is 20.3 Å². The van der Waals surface area contributed by atoms with Crippen LogP contribution in [0.3, 0.4) is 0 Å². The second-order valence-electron chi connectivity index (χ2n) is 15.6. The zero-order valence-corrected chi connectivity index (χ0v) is 30.3. The molecule has 0 unspecified atom stereocenters. The van der Waals surface area contributed by atoms with Crippen molar-refractivity contribution in [1.29, 1.82) is 5.26 Å². The molecule has 2 aliphatic heterocycles. The van der Waals surface area contributed by atoms with Crippen LogP contribution in [0, 0.1) is 34.9 Å². The van der Waals surface area contributed by atoms with Crippen LogP contribution >= 0.6 is 11.6 Å². The van der Waals surface area contributed by atoms with E-state index in [-0.39, 0.29) is 52.5 Å². The third-order valence-corrected chi connectivity index (χ3v) is 12.2. The van der Waals surface area contributed by atoms with Crippen molar-refractivity contribution >= 4 is 39.2 Å². The monoisotopic (exact) mass is 718 g/mol. The van der Waals surface area contributed by atoms with E-state index in [0.717, 1.165) is 51.5 Å². The van der Waals surface area contributed by atoms with Crippen LogP contribution in [0.2, 0.25) is 5.02 Å². The lowest BCUT2D eigenvalue weighted by molar-refractivity contribution is -0.0629. The highest BCUT2D eigenvalue weighted by atomic mass is 35.5. The number of aliphatic hydroxyl groups is 1. The number of anilines is 1. The van der Waals surface area contributed by atoms with Gasteiger partial charge in [0.05, 0.1) is 56.7 Å². The van der Waals surface area contributed by atoms with Crippen molar-refractivity contribution in [3.8, 4) is 29.2 Å². The van der Waals surface area contributed by atoms with Crippen molar-refractivity contribution in [2.24, 2.45) is 10.8 Å². The summed E-state index contributed by atoms with van der Waals surface area (Å²) in [6, 6.07) is 5.06. The molecule has 3 atom stereocenters. The van der Waals surface area contributed by atoms with Gasteiger partial charge in [0.2, 0.25) is 5.88 Å². The highest BCUT2D eigenvalue weighted by molar-refractivity contribution is 6.33. The maximum atomic E-state index is 17.2. The number of nitriles is 1. The first kappa shape index (κ1) is 34.3. The van der Waals surface area contributed by atoms with Crippen LogP contribution in [0.15, 0.2) is 12.3 Å². The number of aromatic amines is 1. The average Bonchev–Trinajstić information content (AvgIpc) is 3.71. The number of ether oxygens (including phenoxy) is 3. The Morgan fingerprint density at radius 1 is 1.20 bits per heavy atom. The van der Waals surface area contributed by atoms with Crippen LogP contribution < -0.4 is 14.4 Å². The van der Waals surface area contributed by atoms with Gasteiger partial charge in [0.15, 0.2) is 5.82 Å². The largest absolute Gasteiger partial charge is 0.480 e. The summed E-state index contributed by atoms with van der Waals surface area (Å²) in [7, 11) is 1.48. The van der Waals surface area contributed by atoms with E-state index in [9.17, 15) is 10.4 Å². The van der Waals surface area contributed by atoms with Gasteiger partial charge in [0.25, 0.3) is 0 Å². The molecule has 3 aromatic heterocycles. The van der Waals surface area contributed by atoms with Gasteiger partial charge in [-0.05, 0) is 77.5 Å². The van der Waals surface area contributed by atoms with E-state index < -0.39 is 11.4 Å². The smallest absolute Gasteiger partial charge is 0.319 e. The number of fused-ring (bicyclic) bond motifs is 3. The Bertz CT molecular complexity index is 2040. The number of likely N-dealkylation sites (tertiary alicyclic amines) is 1. The lowest BCUT2D eigenvalue weighted by Gasteiger charge is -2.54. The zero-order valence-electron chi connectivity index (χ0n) is 29.6. The average molecular weight is 719 g/mol. The number of β-amino-alcohol motifs (C(OH)–C–C–N with tert-alkyl or cyclic N) is 1. The first-order valence-electron chi connectivity index (χ1n) is 17.9. The Labute approximate surface area is 301 Å². The van der Waals surface area contributed by atoms with E-state index in [2.05, 4.69) is 28.1 Å². The number of rotatable bonds is 7. The van der Waals surface area contributed by atoms with E-state index >= 15 is 4.39 Å². The fraction of sp³-hybridized carbons (Fsp3) is 0.595. The van der Waals surface area contributed by atoms with Crippen LogP contribution in [0.5, 0.6) is 11.9 Å². The minimum Gasteiger partial charge on any atom is -0.480 e. The molecule has 0 bridgehead atoms. The van der Waals surface area contributed by atoms with Gasteiger partial charge < -0.3 is 24.2 Å². The highest BCUT2D eigenvalue weighted by Crippen LogP contribution is 2.53. The number of methoxy groups -OCH3 is 1. The molecule has 1 aromatic carbocycles. The Balaban J connectivity index is 1.23. The highest BCUT2D eigenvalue weighted by Gasteiger charge is 2.54. The SMILES string of the molecule is COc1nc(-c2c(C)c(Cl)cc3[nH]ncc23)c(F)c2nc(OC[C@]34CCC[C@H]3N(C3CC(C)(C#N)C3)CCC4)nc(N3CCOC[C@@](C)(O)C3)c12. The Hall–Kier alpha value is -3.83. The molecule has 2 aliphatic carbocycles. The maximum absolute atomic E-state index is 17.2. The fourth-order valence-electron chi connectivity index (χ4n) is 9.25. The molecule has 2 N–H and O–H groups in total. The van der Waals surface area contributed by atoms with E-state index in [1.165, 1.54) is 7.11 Å². The molecule has 270 valence electrons. The number of benzene rings is 1. The van der Waals surface area contributed by atoms with Gasteiger partial charge in [-0.25, -0.2) is 9.37 Å². The molecule has 2 saturated carbocycles. The molecule has 4 aliphatic rings. The topological polar surface area (TPSA) is 146 Å². The quantitative estimate of drug-likeness (QED) is 0.233. The number of pyridine rings is 1. The zero-order chi connectivity index (χ0) is 35.7. The molecule has 4 fully saturated rings. The minimum atomic E-state index is -1.19. The molecule has 0 amide bonds. The van der Waals surface area contributed by atoms with Gasteiger partial charge in [0, 0.05) is 40.0 Å². The van der Waals surface area contributed by atoms with Crippen LogP contribution in [0.4, 0.5) is 10.2 Å². The molecule has 2 saturated heterocycles. The predicted octanol–water partition coefficient (Wildman–Crippen LogP) is 5.97. The van der Waals surface area contributed by atoms with Crippen LogP contribution in [-0.4, -0.2) is 99.4 Å². The van der Waals surface area contributed by atoms with Gasteiger partial charge in [-0.3, -0.25) is 10.00 Å². The fourth-order valence-corrected chi connectivity index (χ4v) is 9.46. The van der Waals surface area contributed by atoms with Crippen molar-refractivity contribution < 1.29 is 23.7 Å². The van der Waals surface area contributed by atoms with Crippen LogP contribution in [0.1, 0.15) is 64.4 Å². The molecular weight excluding hydrogens is 675 g/mol. The molecule has 5 heterocycles. The van der Waals surface area contributed by atoms with Crippen LogP contribution in [0.25, 0.3) is 33.1 Å². The van der Waals surface area contributed by atoms with Crippen molar-refractivity contribution in [3.05, 3.63) is 28.7 Å². The summed E-state index contributed by atoms with van der Waals surface area (Å²) in [6.07, 6.45) is 8.69. The van der Waals surface area contributed by atoms with Gasteiger partial charge >= 0.3 is 6.01 Å². The summed E-state index contributed by atoms with van der Waals surface area (Å²) in [5.41, 5.74) is 0.248. The van der Waals surface area contributed by atoms with Crippen LogP contribution in [-0.2, 0) is 4.74 Å². The first-order chi connectivity index (χ1) is 24.4. The molecule has 0 radical (unpaired) electrons. The molecule has 0 spiro atoms. The first-order valence-corrected chi connectivity index (χ1v) is 18.3. The summed E-state index contributed by atoms with van der Waals surface area (Å²) >= 11 is 6.63. The molecule has 12 nitrogen and oxygen atoms in total.